The van der Waals surface area contributed by atoms with Gasteiger partial charge < -0.3 is 0 Å². The van der Waals surface area contributed by atoms with Crippen LogP contribution in [0.3, 0.4) is 0 Å². The molecule has 0 N–H and O–H groups in total. The van der Waals surface area contributed by atoms with Gasteiger partial charge in [0, 0.05) is 6.42 Å². The van der Waals surface area contributed by atoms with Crippen LogP contribution in [0.4, 0.5) is 13.2 Å². The lowest BCUT2D eigenvalue weighted by atomic mass is 10.3. The predicted molar refractivity (Wildman–Crippen MR) is 47.0 cm³/mol. The average Bonchev–Trinajstić information content (AvgIpc) is 1.60. The van der Waals surface area contributed by atoms with E-state index >= 15 is 0 Å². The monoisotopic (exact) mass is 350 g/mol. The summed E-state index contributed by atoms with van der Waals surface area (Å²) in [4.78, 5) is -3.45. The van der Waals surface area contributed by atoms with Crippen LogP contribution in [0, 0.1) is 0 Å². The molecule has 0 bridgehead atoms. The molecule has 0 saturated carbocycles. The van der Waals surface area contributed by atoms with E-state index in [-0.39, 0.29) is 6.42 Å². The highest BCUT2D eigenvalue weighted by atomic mass is 127. The smallest absolute Gasteiger partial charge is 0.240 e. The Morgan fingerprint density at radius 2 is 2.00 bits per heavy atom. The first-order valence-corrected chi connectivity index (χ1v) is 4.80. The van der Waals surface area contributed by atoms with E-state index in [0.29, 0.717) is 0 Å². The molecule has 0 amide bonds. The van der Waals surface area contributed by atoms with E-state index in [4.69, 9.17) is 11.6 Å². The molecule has 0 spiro atoms. The molecule has 2 unspecified atom stereocenters. The van der Waals surface area contributed by atoms with E-state index in [9.17, 15) is 13.2 Å². The van der Waals surface area contributed by atoms with Crippen LogP contribution in [-0.2, 0) is 0 Å². The van der Waals surface area contributed by atoms with Gasteiger partial charge >= 0.3 is 4.83 Å². The van der Waals surface area contributed by atoms with Crippen molar-refractivity contribution < 1.29 is 13.2 Å². The highest BCUT2D eigenvalue weighted by Gasteiger charge is 2.37. The maximum Gasteiger partial charge on any atom is 0.331 e. The van der Waals surface area contributed by atoms with E-state index in [2.05, 4.69) is 0 Å². The molecule has 0 rings (SSSR count). The van der Waals surface area contributed by atoms with E-state index in [1.807, 2.05) is 15.9 Å². The Balaban J connectivity index is 3.73. The summed E-state index contributed by atoms with van der Waals surface area (Å²) in [6, 6.07) is 0. The minimum atomic E-state index is -3.45. The molecular formula is C4H4BrClF3I. The van der Waals surface area contributed by atoms with Crippen molar-refractivity contribution in [3.05, 3.63) is 0 Å². The largest absolute Gasteiger partial charge is 0.331 e. The van der Waals surface area contributed by atoms with E-state index in [1.54, 1.807) is 22.6 Å². The predicted octanol–water partition coefficient (Wildman–Crippen LogP) is 3.70. The summed E-state index contributed by atoms with van der Waals surface area (Å²) in [7, 11) is 0. The fourth-order valence-corrected chi connectivity index (χ4v) is 1.08. The Morgan fingerprint density at radius 3 is 2.10 bits per heavy atom. The molecule has 0 aliphatic heterocycles. The number of halogens is 6. The third kappa shape index (κ3) is 5.01. The summed E-state index contributed by atoms with van der Waals surface area (Å²) in [5, 5.41) is 0. The summed E-state index contributed by atoms with van der Waals surface area (Å²) in [5.74, 6) is 0. The summed E-state index contributed by atoms with van der Waals surface area (Å²) in [6.07, 6.45) is -2.58. The number of alkyl halides is 6. The van der Waals surface area contributed by atoms with Crippen LogP contribution in [0.2, 0.25) is 0 Å². The van der Waals surface area contributed by atoms with Crippen LogP contribution >= 0.6 is 50.1 Å². The quantitative estimate of drug-likeness (QED) is 0.537. The molecule has 0 aromatic heterocycles. The molecule has 0 aromatic carbocycles. The van der Waals surface area contributed by atoms with Crippen molar-refractivity contribution in [2.24, 2.45) is 0 Å². The van der Waals surface area contributed by atoms with Gasteiger partial charge in [-0.25, -0.2) is 4.39 Å². The van der Waals surface area contributed by atoms with Crippen LogP contribution in [-0.4, -0.2) is 14.4 Å². The van der Waals surface area contributed by atoms with Gasteiger partial charge in [0.25, 0.3) is 0 Å². The zero-order valence-corrected chi connectivity index (χ0v) is 9.13. The lowest BCUT2D eigenvalue weighted by molar-refractivity contribution is 0.0203. The summed E-state index contributed by atoms with van der Waals surface area (Å²) < 4.78 is 35.6. The molecule has 0 fully saturated rings. The highest BCUT2D eigenvalue weighted by molar-refractivity contribution is 14.1. The van der Waals surface area contributed by atoms with Gasteiger partial charge in [-0.15, -0.1) is 11.6 Å². The second-order valence-electron chi connectivity index (χ2n) is 1.64. The topological polar surface area (TPSA) is 0 Å². The summed E-state index contributed by atoms with van der Waals surface area (Å²) in [5.41, 5.74) is 0. The Kier molecular flexibility index (Phi) is 4.91. The van der Waals surface area contributed by atoms with Crippen molar-refractivity contribution in [1.82, 2.24) is 0 Å². The molecule has 10 heavy (non-hydrogen) atoms. The first kappa shape index (κ1) is 11.3. The SMILES string of the molecule is FC(CC(Cl)I)C(F)(F)Br. The van der Waals surface area contributed by atoms with Crippen LogP contribution in [0.1, 0.15) is 6.42 Å². The fourth-order valence-electron chi connectivity index (χ4n) is 0.290. The molecular weight excluding hydrogens is 347 g/mol. The maximum absolute atomic E-state index is 12.3. The zero-order valence-electron chi connectivity index (χ0n) is 4.63. The maximum atomic E-state index is 12.3. The van der Waals surface area contributed by atoms with Gasteiger partial charge in [0.05, 0.1) is 3.38 Å². The first-order chi connectivity index (χ1) is 4.34. The van der Waals surface area contributed by atoms with Crippen LogP contribution in [0.5, 0.6) is 0 Å². The van der Waals surface area contributed by atoms with Crippen molar-refractivity contribution in [3.8, 4) is 0 Å². The highest BCUT2D eigenvalue weighted by Crippen LogP contribution is 2.33. The molecule has 0 radical (unpaired) electrons. The molecule has 0 aliphatic rings. The van der Waals surface area contributed by atoms with Crippen molar-refractivity contribution >= 4 is 50.1 Å². The minimum absolute atomic E-state index is 0.361. The Hall–Kier alpha value is 1.29. The lowest BCUT2D eigenvalue weighted by Gasteiger charge is -2.13. The van der Waals surface area contributed by atoms with Crippen LogP contribution in [0.25, 0.3) is 0 Å². The van der Waals surface area contributed by atoms with Gasteiger partial charge in [-0.3, -0.25) is 0 Å². The summed E-state index contributed by atoms with van der Waals surface area (Å²) >= 11 is 8.84. The standard InChI is InChI=1S/C4H4BrClF3I/c5-4(8,9)2(7)1-3(6)10/h2-3H,1H2. The third-order valence-corrected chi connectivity index (χ3v) is 1.92. The van der Waals surface area contributed by atoms with E-state index < -0.39 is 14.4 Å². The van der Waals surface area contributed by atoms with Gasteiger partial charge in [0.1, 0.15) is 0 Å². The molecule has 0 heterocycles. The molecule has 0 saturated heterocycles. The molecule has 0 aliphatic carbocycles. The second kappa shape index (κ2) is 4.35. The zero-order chi connectivity index (χ0) is 8.36. The Labute approximate surface area is 83.8 Å². The molecule has 6 heteroatoms. The Bertz CT molecular complexity index is 105. The number of hydrogen-bond acceptors (Lipinski definition) is 0. The molecule has 0 aromatic rings. The minimum Gasteiger partial charge on any atom is -0.240 e. The van der Waals surface area contributed by atoms with Gasteiger partial charge in [-0.1, -0.05) is 22.6 Å². The third-order valence-electron chi connectivity index (χ3n) is 0.740. The van der Waals surface area contributed by atoms with Crippen molar-refractivity contribution in [2.45, 2.75) is 20.8 Å². The normalized spacial score (nSPS) is 18.6. The van der Waals surface area contributed by atoms with Gasteiger partial charge in [-0.2, -0.15) is 8.78 Å². The van der Waals surface area contributed by atoms with Crippen LogP contribution < -0.4 is 0 Å². The van der Waals surface area contributed by atoms with Gasteiger partial charge in [0.2, 0.25) is 0 Å². The van der Waals surface area contributed by atoms with E-state index in [1.165, 1.54) is 0 Å². The Morgan fingerprint density at radius 1 is 1.60 bits per heavy atom. The van der Waals surface area contributed by atoms with Gasteiger partial charge in [-0.05, 0) is 15.9 Å². The van der Waals surface area contributed by atoms with Crippen LogP contribution in [0.15, 0.2) is 0 Å². The molecule has 2 atom stereocenters. The molecule has 62 valence electrons. The second-order valence-corrected chi connectivity index (χ2v) is 5.46. The molecule has 0 nitrogen and oxygen atoms in total. The average molecular weight is 351 g/mol. The summed E-state index contributed by atoms with van der Waals surface area (Å²) in [6.45, 7) is 0. The van der Waals surface area contributed by atoms with E-state index in [0.717, 1.165) is 0 Å². The number of rotatable bonds is 3. The van der Waals surface area contributed by atoms with Gasteiger partial charge in [0.15, 0.2) is 6.17 Å². The fraction of sp³-hybridized carbons (Fsp3) is 1.00. The van der Waals surface area contributed by atoms with Crippen molar-refractivity contribution in [2.75, 3.05) is 0 Å². The van der Waals surface area contributed by atoms with Crippen molar-refractivity contribution in [1.29, 1.82) is 0 Å². The van der Waals surface area contributed by atoms with Crippen molar-refractivity contribution in [3.63, 3.8) is 0 Å². The lowest BCUT2D eigenvalue weighted by Crippen LogP contribution is -2.23. The first-order valence-electron chi connectivity index (χ1n) is 2.33. The number of hydrogen-bond donors (Lipinski definition) is 0.